The second-order valence-electron chi connectivity index (χ2n) is 6.47. The summed E-state index contributed by atoms with van der Waals surface area (Å²) >= 11 is 0. The summed E-state index contributed by atoms with van der Waals surface area (Å²) in [6.45, 7) is 3.94. The Morgan fingerprint density at radius 1 is 1.19 bits per heavy atom. The van der Waals surface area contributed by atoms with E-state index in [1.807, 2.05) is 37.3 Å². The van der Waals surface area contributed by atoms with Crippen LogP contribution in [0.1, 0.15) is 17.9 Å². The van der Waals surface area contributed by atoms with Gasteiger partial charge in [-0.3, -0.25) is 14.9 Å². The molecule has 0 radical (unpaired) electrons. The molecule has 1 saturated heterocycles. The van der Waals surface area contributed by atoms with Crippen LogP contribution in [0.5, 0.6) is 0 Å². The zero-order valence-electron chi connectivity index (χ0n) is 14.9. The van der Waals surface area contributed by atoms with Crippen LogP contribution in [0.25, 0.3) is 11.5 Å². The molecular weight excluding hydrogens is 348 g/mol. The third-order valence-corrected chi connectivity index (χ3v) is 4.49. The fraction of sp³-hybridized carbons (Fsp3) is 0.263. The molecule has 0 bridgehead atoms. The van der Waals surface area contributed by atoms with E-state index in [4.69, 9.17) is 8.83 Å². The van der Waals surface area contributed by atoms with Crippen LogP contribution < -0.4 is 10.2 Å². The average molecular weight is 366 g/mol. The Morgan fingerprint density at radius 3 is 2.67 bits per heavy atom. The van der Waals surface area contributed by atoms with Crippen molar-refractivity contribution in [2.75, 3.05) is 16.8 Å². The first-order chi connectivity index (χ1) is 13.0. The Morgan fingerprint density at radius 2 is 1.96 bits per heavy atom. The van der Waals surface area contributed by atoms with Gasteiger partial charge in [-0.15, -0.1) is 5.10 Å². The van der Waals surface area contributed by atoms with E-state index >= 15 is 0 Å². The van der Waals surface area contributed by atoms with Crippen molar-refractivity contribution in [3.05, 3.63) is 47.9 Å². The summed E-state index contributed by atoms with van der Waals surface area (Å²) in [6, 6.07) is 11.1. The quantitative estimate of drug-likeness (QED) is 0.762. The topological polar surface area (TPSA) is 101 Å². The molecule has 8 heteroatoms. The Hall–Kier alpha value is -3.42. The summed E-state index contributed by atoms with van der Waals surface area (Å²) in [5.41, 5.74) is 1.47. The van der Waals surface area contributed by atoms with Crippen LogP contribution >= 0.6 is 0 Å². The van der Waals surface area contributed by atoms with Crippen molar-refractivity contribution in [2.45, 2.75) is 20.3 Å². The number of para-hydroxylation sites is 1. The summed E-state index contributed by atoms with van der Waals surface area (Å²) in [7, 11) is 0. The molecule has 1 N–H and O–H groups in total. The number of carbonyl (C=O) groups excluding carboxylic acids is 2. The monoisotopic (exact) mass is 366 g/mol. The maximum absolute atomic E-state index is 12.5. The first-order valence-corrected chi connectivity index (χ1v) is 8.58. The Kier molecular flexibility index (Phi) is 4.23. The molecule has 1 aliphatic heterocycles. The molecule has 3 heterocycles. The molecule has 1 aromatic carbocycles. The van der Waals surface area contributed by atoms with Crippen molar-refractivity contribution in [3.63, 3.8) is 0 Å². The summed E-state index contributed by atoms with van der Waals surface area (Å²) < 4.78 is 11.0. The van der Waals surface area contributed by atoms with Gasteiger partial charge < -0.3 is 13.7 Å². The predicted octanol–water partition coefficient (Wildman–Crippen LogP) is 2.94. The second kappa shape index (κ2) is 6.71. The number of hydrogen-bond acceptors (Lipinski definition) is 6. The molecule has 1 unspecified atom stereocenters. The molecule has 1 aliphatic rings. The fourth-order valence-electron chi connectivity index (χ4n) is 3.17. The number of amides is 2. The third-order valence-electron chi connectivity index (χ3n) is 4.49. The van der Waals surface area contributed by atoms with Crippen LogP contribution in [0, 0.1) is 19.8 Å². The van der Waals surface area contributed by atoms with E-state index in [2.05, 4.69) is 15.5 Å². The van der Waals surface area contributed by atoms with E-state index < -0.39 is 5.92 Å². The lowest BCUT2D eigenvalue weighted by Gasteiger charge is -2.16. The minimum absolute atomic E-state index is 0.00105. The third kappa shape index (κ3) is 3.33. The lowest BCUT2D eigenvalue weighted by Crippen LogP contribution is -2.28. The van der Waals surface area contributed by atoms with Gasteiger partial charge >= 0.3 is 6.01 Å². The van der Waals surface area contributed by atoms with Crippen molar-refractivity contribution >= 4 is 23.5 Å². The number of nitrogens with zero attached hydrogens (tertiary/aromatic N) is 3. The fourth-order valence-corrected chi connectivity index (χ4v) is 3.17. The molecule has 0 spiro atoms. The predicted molar refractivity (Wildman–Crippen MR) is 97.0 cm³/mol. The average Bonchev–Trinajstić information content (AvgIpc) is 3.34. The van der Waals surface area contributed by atoms with Crippen molar-refractivity contribution < 1.29 is 18.4 Å². The van der Waals surface area contributed by atoms with Gasteiger partial charge in [0.1, 0.15) is 11.5 Å². The van der Waals surface area contributed by atoms with Gasteiger partial charge in [-0.25, -0.2) is 0 Å². The number of furan rings is 1. The molecule has 3 aromatic rings. The van der Waals surface area contributed by atoms with Gasteiger partial charge in [-0.05, 0) is 32.0 Å². The van der Waals surface area contributed by atoms with Gasteiger partial charge in [0, 0.05) is 18.7 Å². The zero-order chi connectivity index (χ0) is 19.0. The van der Waals surface area contributed by atoms with E-state index in [0.29, 0.717) is 17.9 Å². The van der Waals surface area contributed by atoms with Gasteiger partial charge in [0.25, 0.3) is 5.89 Å². The van der Waals surface area contributed by atoms with Crippen LogP contribution in [0.2, 0.25) is 0 Å². The first-order valence-electron chi connectivity index (χ1n) is 8.58. The highest BCUT2D eigenvalue weighted by molar-refractivity contribution is 6.02. The summed E-state index contributed by atoms with van der Waals surface area (Å²) in [6.07, 6.45) is 0.141. The lowest BCUT2D eigenvalue weighted by atomic mass is 10.1. The largest absolute Gasteiger partial charge is 0.466 e. The number of aryl methyl sites for hydroxylation is 2. The Bertz CT molecular complexity index is 992. The van der Waals surface area contributed by atoms with Gasteiger partial charge in [-0.1, -0.05) is 23.3 Å². The molecule has 138 valence electrons. The highest BCUT2D eigenvalue weighted by atomic mass is 16.4. The molecule has 4 rings (SSSR count). The van der Waals surface area contributed by atoms with Crippen LogP contribution in [0.4, 0.5) is 11.7 Å². The van der Waals surface area contributed by atoms with Crippen LogP contribution in [-0.4, -0.2) is 28.6 Å². The highest BCUT2D eigenvalue weighted by Crippen LogP contribution is 2.28. The van der Waals surface area contributed by atoms with E-state index in [-0.39, 0.29) is 30.1 Å². The van der Waals surface area contributed by atoms with Crippen LogP contribution in [0.15, 0.2) is 45.2 Å². The number of rotatable bonds is 4. The van der Waals surface area contributed by atoms with Crippen molar-refractivity contribution in [1.82, 2.24) is 10.2 Å². The molecular formula is C19H18N4O4. The maximum atomic E-state index is 12.5. The minimum Gasteiger partial charge on any atom is -0.466 e. The molecule has 27 heavy (non-hydrogen) atoms. The maximum Gasteiger partial charge on any atom is 0.322 e. The van der Waals surface area contributed by atoms with E-state index in [0.717, 1.165) is 11.4 Å². The Labute approximate surface area is 155 Å². The zero-order valence-corrected chi connectivity index (χ0v) is 14.9. The van der Waals surface area contributed by atoms with Crippen molar-refractivity contribution in [1.29, 1.82) is 0 Å². The number of benzene rings is 1. The summed E-state index contributed by atoms with van der Waals surface area (Å²) in [5, 5.41) is 10.4. The normalized spacial score (nSPS) is 16.7. The van der Waals surface area contributed by atoms with Gasteiger partial charge in [0.05, 0.1) is 11.5 Å². The molecule has 8 nitrogen and oxygen atoms in total. The minimum atomic E-state index is -0.481. The standard InChI is InChI=1S/C19H18N4O4/c1-11-8-15(12(2)26-11)18-21-22-19(27-18)20-17(25)13-9-16(24)23(10-13)14-6-4-3-5-7-14/h3-8,13H,9-10H2,1-2H3,(H,20,22,25). The summed E-state index contributed by atoms with van der Waals surface area (Å²) in [4.78, 5) is 26.4. The van der Waals surface area contributed by atoms with E-state index in [1.165, 1.54) is 0 Å². The number of nitrogens with one attached hydrogen (secondary N) is 1. The SMILES string of the molecule is Cc1cc(-c2nnc(NC(=O)C3CC(=O)N(c4ccccc4)C3)o2)c(C)o1. The van der Waals surface area contributed by atoms with Gasteiger partial charge in [0.2, 0.25) is 11.8 Å². The molecule has 1 atom stereocenters. The molecule has 1 fully saturated rings. The number of aromatic nitrogens is 2. The van der Waals surface area contributed by atoms with Crippen LogP contribution in [-0.2, 0) is 9.59 Å². The number of anilines is 2. The second-order valence-corrected chi connectivity index (χ2v) is 6.47. The molecule has 0 aliphatic carbocycles. The van der Waals surface area contributed by atoms with Gasteiger partial charge in [-0.2, -0.15) is 0 Å². The van der Waals surface area contributed by atoms with Crippen molar-refractivity contribution in [2.24, 2.45) is 5.92 Å². The molecule has 2 amide bonds. The van der Waals surface area contributed by atoms with Crippen LogP contribution in [0.3, 0.4) is 0 Å². The van der Waals surface area contributed by atoms with E-state index in [1.54, 1.807) is 17.9 Å². The smallest absolute Gasteiger partial charge is 0.322 e. The number of carbonyl (C=O) groups is 2. The summed E-state index contributed by atoms with van der Waals surface area (Å²) in [5.74, 6) is 0.777. The highest BCUT2D eigenvalue weighted by Gasteiger charge is 2.35. The molecule has 2 aromatic heterocycles. The lowest BCUT2D eigenvalue weighted by molar-refractivity contribution is -0.122. The Balaban J connectivity index is 1.44. The van der Waals surface area contributed by atoms with Crippen molar-refractivity contribution in [3.8, 4) is 11.5 Å². The van der Waals surface area contributed by atoms with E-state index in [9.17, 15) is 9.59 Å². The first kappa shape index (κ1) is 17.0. The number of hydrogen-bond donors (Lipinski definition) is 1. The van der Waals surface area contributed by atoms with Gasteiger partial charge in [0.15, 0.2) is 0 Å². The molecule has 0 saturated carbocycles.